The number of benzene rings is 3. The van der Waals surface area contributed by atoms with Gasteiger partial charge in [0.25, 0.3) is 23.6 Å². The van der Waals surface area contributed by atoms with Gasteiger partial charge in [-0.1, -0.05) is 68.9 Å². The summed E-state index contributed by atoms with van der Waals surface area (Å²) in [5, 5.41) is 12.3. The van der Waals surface area contributed by atoms with Crippen molar-refractivity contribution in [3.63, 3.8) is 0 Å². The lowest BCUT2D eigenvalue weighted by Crippen LogP contribution is -2.53. The quantitative estimate of drug-likeness (QED) is 0.120. The number of aldehydes is 1. The first-order valence-electron chi connectivity index (χ1n) is 19.5. The predicted octanol–water partition coefficient (Wildman–Crippen LogP) is 5.53. The highest BCUT2D eigenvalue weighted by atomic mass is 16.2. The standard InChI is InChI=1S/C43H51N5O6/c44-34-17-2-1-11-28(34)25-39(50)29-12-8-14-31(23-29)41(52)46-37-20-5-6-21-38(37)48-43(54)33-16-9-15-32(24-33)42(53)47-36-19-4-3-18-35(36)45-40(51)30-13-7-10-27(22-30)26-49/h7-10,12-16,22-24,26,28,34-38H,1-6,11,17-21,25,44H2,(H,45,51)(H,46,52)(H,47,53)(H,48,54). The molecule has 6 atom stereocenters. The molecule has 0 heterocycles. The van der Waals surface area contributed by atoms with E-state index in [0.717, 1.165) is 51.4 Å². The van der Waals surface area contributed by atoms with Crippen LogP contribution in [0.15, 0.2) is 72.8 Å². The molecular weight excluding hydrogens is 683 g/mol. The zero-order chi connectivity index (χ0) is 38.0. The van der Waals surface area contributed by atoms with Crippen molar-refractivity contribution in [2.45, 2.75) is 114 Å². The second-order valence-electron chi connectivity index (χ2n) is 15.1. The number of nitrogens with one attached hydrogen (secondary N) is 4. The number of carbonyl (C=O) groups is 6. The van der Waals surface area contributed by atoms with Gasteiger partial charge in [0, 0.05) is 70.0 Å². The second kappa shape index (κ2) is 18.2. The van der Waals surface area contributed by atoms with Crippen LogP contribution in [0, 0.1) is 5.92 Å². The van der Waals surface area contributed by atoms with E-state index in [4.69, 9.17) is 5.73 Å². The Morgan fingerprint density at radius 2 is 0.889 bits per heavy atom. The van der Waals surface area contributed by atoms with Gasteiger partial charge in [0.15, 0.2) is 5.78 Å². The molecule has 0 radical (unpaired) electrons. The van der Waals surface area contributed by atoms with E-state index in [2.05, 4.69) is 21.3 Å². The number of ketones is 1. The lowest BCUT2D eigenvalue weighted by Gasteiger charge is -2.33. The van der Waals surface area contributed by atoms with Gasteiger partial charge < -0.3 is 27.0 Å². The maximum absolute atomic E-state index is 13.6. The molecule has 4 amide bonds. The highest BCUT2D eigenvalue weighted by Crippen LogP contribution is 2.27. The summed E-state index contributed by atoms with van der Waals surface area (Å²) >= 11 is 0. The summed E-state index contributed by atoms with van der Waals surface area (Å²) in [4.78, 5) is 77.8. The van der Waals surface area contributed by atoms with E-state index in [1.165, 1.54) is 6.07 Å². The van der Waals surface area contributed by atoms with Crippen LogP contribution < -0.4 is 27.0 Å². The largest absolute Gasteiger partial charge is 0.347 e. The van der Waals surface area contributed by atoms with Crippen molar-refractivity contribution < 1.29 is 28.8 Å². The van der Waals surface area contributed by atoms with Gasteiger partial charge in [-0.3, -0.25) is 28.8 Å². The van der Waals surface area contributed by atoms with Gasteiger partial charge >= 0.3 is 0 Å². The van der Waals surface area contributed by atoms with Crippen LogP contribution in [-0.4, -0.2) is 65.9 Å². The van der Waals surface area contributed by atoms with Gasteiger partial charge in [0.2, 0.25) is 0 Å². The first kappa shape index (κ1) is 38.6. The average molecular weight is 734 g/mol. The highest BCUT2D eigenvalue weighted by Gasteiger charge is 2.31. The van der Waals surface area contributed by atoms with Crippen molar-refractivity contribution in [2.75, 3.05) is 0 Å². The molecular formula is C43H51N5O6. The zero-order valence-electron chi connectivity index (χ0n) is 30.7. The van der Waals surface area contributed by atoms with E-state index in [1.54, 1.807) is 66.7 Å². The molecule has 54 heavy (non-hydrogen) atoms. The van der Waals surface area contributed by atoms with Crippen molar-refractivity contribution in [2.24, 2.45) is 11.7 Å². The summed E-state index contributed by atoms with van der Waals surface area (Å²) in [5.41, 5.74) is 8.63. The lowest BCUT2D eigenvalue weighted by molar-refractivity contribution is 0.0858. The zero-order valence-corrected chi connectivity index (χ0v) is 30.7. The third-order valence-corrected chi connectivity index (χ3v) is 11.3. The molecule has 0 saturated heterocycles. The van der Waals surface area contributed by atoms with E-state index < -0.39 is 0 Å². The average Bonchev–Trinajstić information content (AvgIpc) is 3.20. The van der Waals surface area contributed by atoms with Gasteiger partial charge in [-0.25, -0.2) is 0 Å². The van der Waals surface area contributed by atoms with E-state index in [-0.39, 0.29) is 65.5 Å². The Balaban J connectivity index is 1.05. The Morgan fingerprint density at radius 1 is 0.519 bits per heavy atom. The van der Waals surface area contributed by atoms with E-state index in [1.807, 2.05) is 0 Å². The summed E-state index contributed by atoms with van der Waals surface area (Å²) in [7, 11) is 0. The third kappa shape index (κ3) is 9.87. The Morgan fingerprint density at radius 3 is 1.33 bits per heavy atom. The van der Waals surface area contributed by atoms with Crippen LogP contribution in [0.4, 0.5) is 0 Å². The number of Topliss-reactive ketones (excluding diaryl/α,β-unsaturated/α-hetero) is 1. The molecule has 11 heteroatoms. The maximum Gasteiger partial charge on any atom is 0.251 e. The number of carbonyl (C=O) groups excluding carboxylic acids is 6. The van der Waals surface area contributed by atoms with E-state index in [0.29, 0.717) is 71.8 Å². The van der Waals surface area contributed by atoms with Crippen molar-refractivity contribution in [1.29, 1.82) is 0 Å². The lowest BCUT2D eigenvalue weighted by atomic mass is 9.81. The predicted molar refractivity (Wildman–Crippen MR) is 206 cm³/mol. The summed E-state index contributed by atoms with van der Waals surface area (Å²) < 4.78 is 0. The third-order valence-electron chi connectivity index (χ3n) is 11.3. The van der Waals surface area contributed by atoms with Crippen molar-refractivity contribution >= 4 is 35.7 Å². The smallest absolute Gasteiger partial charge is 0.251 e. The minimum absolute atomic E-state index is 0.00540. The van der Waals surface area contributed by atoms with Gasteiger partial charge in [-0.15, -0.1) is 0 Å². The molecule has 284 valence electrons. The molecule has 0 spiro atoms. The van der Waals surface area contributed by atoms with Gasteiger partial charge in [0.1, 0.15) is 6.29 Å². The number of amides is 4. The van der Waals surface area contributed by atoms with Gasteiger partial charge in [-0.2, -0.15) is 0 Å². The number of hydrogen-bond acceptors (Lipinski definition) is 7. The maximum atomic E-state index is 13.6. The van der Waals surface area contributed by atoms with Crippen LogP contribution in [0.25, 0.3) is 0 Å². The molecule has 3 aliphatic carbocycles. The Hall–Kier alpha value is -5.16. The Bertz CT molecular complexity index is 1860. The molecule has 6 N–H and O–H groups in total. The molecule has 3 saturated carbocycles. The van der Waals surface area contributed by atoms with Crippen molar-refractivity contribution in [3.05, 3.63) is 106 Å². The van der Waals surface area contributed by atoms with Gasteiger partial charge in [-0.05, 0) is 86.9 Å². The summed E-state index contributed by atoms with van der Waals surface area (Å²) in [6.45, 7) is 0. The molecule has 6 unspecified atom stereocenters. The summed E-state index contributed by atoms with van der Waals surface area (Å²) in [5.74, 6) is -1.13. The fourth-order valence-electron chi connectivity index (χ4n) is 8.19. The normalized spacial score (nSPS) is 24.0. The summed E-state index contributed by atoms with van der Waals surface area (Å²) in [6.07, 6.45) is 11.5. The monoisotopic (exact) mass is 733 g/mol. The number of rotatable bonds is 12. The highest BCUT2D eigenvalue weighted by molar-refractivity contribution is 6.02. The number of nitrogens with two attached hydrogens (primary N) is 1. The van der Waals surface area contributed by atoms with Crippen LogP contribution in [-0.2, 0) is 0 Å². The molecule has 0 aliphatic heterocycles. The molecule has 6 rings (SSSR count). The number of hydrogen-bond donors (Lipinski definition) is 5. The first-order valence-corrected chi connectivity index (χ1v) is 19.5. The minimum atomic E-state index is -0.344. The fraction of sp³-hybridized carbons (Fsp3) is 0.442. The molecule has 0 aromatic heterocycles. The molecule has 3 aromatic carbocycles. The van der Waals surface area contributed by atoms with E-state index in [9.17, 15) is 28.8 Å². The first-order chi connectivity index (χ1) is 26.2. The summed E-state index contributed by atoms with van der Waals surface area (Å²) in [6, 6.07) is 18.7. The van der Waals surface area contributed by atoms with E-state index >= 15 is 0 Å². The minimum Gasteiger partial charge on any atom is -0.347 e. The van der Waals surface area contributed by atoms with Crippen molar-refractivity contribution in [1.82, 2.24) is 21.3 Å². The SMILES string of the molecule is NC1CCCCC1CC(=O)c1cccc(C(=O)NC2CCCCC2NC(=O)c2cccc(C(=O)NC3CCCCC3NC(=O)c3cccc(C=O)c3)c2)c1. The van der Waals surface area contributed by atoms with Crippen molar-refractivity contribution in [3.8, 4) is 0 Å². The molecule has 3 aliphatic rings. The Kier molecular flexibility index (Phi) is 13.0. The van der Waals surface area contributed by atoms with Crippen LogP contribution in [0.1, 0.15) is 146 Å². The Labute approximate surface area is 316 Å². The van der Waals surface area contributed by atoms with Crippen LogP contribution in [0.2, 0.25) is 0 Å². The van der Waals surface area contributed by atoms with Gasteiger partial charge in [0.05, 0.1) is 0 Å². The van der Waals surface area contributed by atoms with Crippen LogP contribution >= 0.6 is 0 Å². The molecule has 0 bridgehead atoms. The molecule has 3 fully saturated rings. The molecule has 11 nitrogen and oxygen atoms in total. The second-order valence-corrected chi connectivity index (χ2v) is 15.1. The molecule has 3 aromatic rings. The van der Waals surface area contributed by atoms with Crippen LogP contribution in [0.5, 0.6) is 0 Å². The fourth-order valence-corrected chi connectivity index (χ4v) is 8.19. The topological polar surface area (TPSA) is 177 Å². The van der Waals surface area contributed by atoms with Crippen LogP contribution in [0.3, 0.4) is 0 Å².